The first kappa shape index (κ1) is 83.5. The molecule has 98 heavy (non-hydrogen) atoms. The van der Waals surface area contributed by atoms with Crippen molar-refractivity contribution < 1.29 is 164 Å². The van der Waals surface area contributed by atoms with E-state index in [9.17, 15) is 108 Å². The Morgan fingerprint density at radius 1 is 0.439 bits per heavy atom. The van der Waals surface area contributed by atoms with Crippen LogP contribution < -0.4 is 16.0 Å². The number of hydrogen-bond acceptors (Lipinski definition) is 31. The summed E-state index contributed by atoms with van der Waals surface area (Å²) in [5, 5.41) is 110. The Labute approximate surface area is 564 Å². The highest BCUT2D eigenvalue weighted by Gasteiger charge is 2.50. The van der Waals surface area contributed by atoms with Crippen LogP contribution in [0.3, 0.4) is 0 Å². The zero-order valence-corrected chi connectivity index (χ0v) is 57.3. The number of rotatable bonds is 38. The molecule has 6 rings (SSSR count). The molecule has 40 nitrogen and oxygen atoms in total. The Balaban J connectivity index is 1.06. The number of hydrogen-bond donors (Lipinski definition) is 16. The summed E-state index contributed by atoms with van der Waals surface area (Å²) in [6.07, 6.45) is -20.9. The van der Waals surface area contributed by atoms with E-state index in [2.05, 4.69) is 20.5 Å². The van der Waals surface area contributed by atoms with Crippen molar-refractivity contribution in [1.82, 2.24) is 30.7 Å². The number of nitrogens with one attached hydrogen (secondary N) is 3. The molecule has 0 aromatic rings. The van der Waals surface area contributed by atoms with Gasteiger partial charge >= 0.3 is 23.5 Å². The standard InChI is InChI=1S/C55H97N6O34P3/c1-29(65)56-44-50(75)47(72)38(23-62)91-53(44)85-14-8-5-11-41(69)59-20-35(68)17-32(59)26-89-97(80,81)94-37-19-34(61(22-37)43(71)13-7-10-16-87-55-46(58-31(3)67)52(77)49(74)40(25-64)93-55)28-90-98(82,83)95-36-18-33(27-88-96(78,79)84-4)60(21-36)42(70)12-6-9-15-86-54-45(57-30(2)66)51(76)48(73)39(24-63)92-54/h32-40,44-55,62-64,68,72-77H,5-28H2,1-4H3,(H,56,65)(H,57,66)(H,58,67)(H,78,79)(H,80,81)(H,82,83)/t32-,33-,34-,35+,36+,37+,38?,39?,40?,44?,45?,46?,47?,48?,49?,50?,51?,52?,53?,54?,55?/m0/s1. The third-order valence-electron chi connectivity index (χ3n) is 17.1. The minimum atomic E-state index is -5.19. The van der Waals surface area contributed by atoms with Crippen LogP contribution in [-0.4, -0.2) is 330 Å². The van der Waals surface area contributed by atoms with Crippen molar-refractivity contribution in [2.75, 3.05) is 86.2 Å². The number of likely N-dealkylation sites (tertiary alicyclic amines) is 3. The van der Waals surface area contributed by atoms with E-state index < -0.39 is 233 Å². The first-order chi connectivity index (χ1) is 46.2. The number of carbonyl (C=O) groups is 6. The number of aliphatic hydroxyl groups excluding tert-OH is 10. The molecule has 6 aliphatic rings. The van der Waals surface area contributed by atoms with Crippen LogP contribution in [0.2, 0.25) is 0 Å². The first-order valence-electron chi connectivity index (χ1n) is 32.2. The Morgan fingerprint density at radius 2 is 0.735 bits per heavy atom. The number of nitrogens with zero attached hydrogens (tertiary/aromatic N) is 3. The lowest BCUT2D eigenvalue weighted by atomic mass is 9.97. The topological polar surface area (TPSA) is 573 Å². The molecule has 18 unspecified atom stereocenters. The van der Waals surface area contributed by atoms with E-state index in [1.165, 1.54) is 23.6 Å². The van der Waals surface area contributed by atoms with Gasteiger partial charge in [0.1, 0.15) is 73.1 Å². The molecule has 43 heteroatoms. The highest BCUT2D eigenvalue weighted by Crippen LogP contribution is 2.50. The third kappa shape index (κ3) is 24.6. The number of carbonyl (C=O) groups excluding carboxylic acids is 6. The molecular weight excluding hydrogens is 1380 g/mol. The fourth-order valence-electron chi connectivity index (χ4n) is 12.2. The van der Waals surface area contributed by atoms with Crippen LogP contribution in [-0.2, 0) is 98.0 Å². The number of phosphoric acid groups is 3. The summed E-state index contributed by atoms with van der Waals surface area (Å²) in [5.74, 6) is -3.38. The van der Waals surface area contributed by atoms with Gasteiger partial charge in [0.2, 0.25) is 35.4 Å². The number of β-amino-alcohol motifs (C(OH)–C–C–N with tert-alkyl or cyclic N) is 1. The van der Waals surface area contributed by atoms with E-state index in [0.29, 0.717) is 0 Å². The lowest BCUT2D eigenvalue weighted by Gasteiger charge is -2.42. The Hall–Kier alpha value is -3.49. The maximum atomic E-state index is 14.1. The largest absolute Gasteiger partial charge is 0.472 e. The van der Waals surface area contributed by atoms with Crippen LogP contribution in [0.1, 0.15) is 97.8 Å². The molecule has 0 saturated carbocycles. The molecule has 0 aromatic carbocycles. The second-order valence-corrected chi connectivity index (χ2v) is 29.0. The maximum Gasteiger partial charge on any atom is 0.472 e. The SMILES string of the molecule is COP(=O)(O)OC[C@@H]1C[C@@H](OP(=O)(O)OC[C@@H]2C[C@@H](OP(=O)(O)OC[C@@H]3C[C@@H](O)CN3C(=O)CCCCOC3OC(CO)C(O)C(O)C3NC(C)=O)CN2C(=O)CCCCOC2OC(CO)C(O)C(O)C2NC(C)=O)CN1C(=O)CCCCOC1OC(CO)C(O)C(O)C1NC(C)=O. The van der Waals surface area contributed by atoms with Crippen molar-refractivity contribution in [2.45, 2.75) is 226 Å². The number of amides is 6. The van der Waals surface area contributed by atoms with E-state index in [1.54, 1.807) is 0 Å². The van der Waals surface area contributed by atoms with Crippen LogP contribution in [0.15, 0.2) is 0 Å². The van der Waals surface area contributed by atoms with E-state index in [-0.39, 0.29) is 110 Å². The van der Waals surface area contributed by atoms with Gasteiger partial charge in [0.05, 0.1) is 76.1 Å². The fraction of sp³-hybridized carbons (Fsp3) is 0.891. The molecule has 6 saturated heterocycles. The second kappa shape index (κ2) is 38.9. The minimum absolute atomic E-state index is 0.0587. The van der Waals surface area contributed by atoms with Gasteiger partial charge in [-0.15, -0.1) is 0 Å². The molecule has 0 spiro atoms. The first-order valence-corrected chi connectivity index (χ1v) is 36.6. The smallest absolute Gasteiger partial charge is 0.394 e. The predicted octanol–water partition coefficient (Wildman–Crippen LogP) is -5.69. The Kier molecular flexibility index (Phi) is 33.1. The molecule has 0 radical (unpaired) electrons. The summed E-state index contributed by atoms with van der Waals surface area (Å²) in [7, 11) is -14.0. The van der Waals surface area contributed by atoms with E-state index in [4.69, 9.17) is 51.0 Å². The summed E-state index contributed by atoms with van der Waals surface area (Å²) in [4.78, 5) is 113. The van der Waals surface area contributed by atoms with Crippen LogP contribution in [0, 0.1) is 0 Å². The monoisotopic (exact) mass is 1480 g/mol. The second-order valence-electron chi connectivity index (χ2n) is 24.7. The maximum absolute atomic E-state index is 14.1. The zero-order valence-electron chi connectivity index (χ0n) is 54.7. The molecule has 0 bridgehead atoms. The zero-order chi connectivity index (χ0) is 72.4. The van der Waals surface area contributed by atoms with Gasteiger partial charge < -0.3 is 125 Å². The molecule has 6 aliphatic heterocycles. The van der Waals surface area contributed by atoms with Crippen molar-refractivity contribution in [2.24, 2.45) is 0 Å². The van der Waals surface area contributed by atoms with E-state index >= 15 is 0 Å². The van der Waals surface area contributed by atoms with Gasteiger partial charge in [-0.1, -0.05) is 0 Å². The van der Waals surface area contributed by atoms with Crippen molar-refractivity contribution in [3.05, 3.63) is 0 Å². The van der Waals surface area contributed by atoms with Gasteiger partial charge in [0.15, 0.2) is 18.9 Å². The van der Waals surface area contributed by atoms with Crippen LogP contribution in [0.25, 0.3) is 0 Å². The summed E-state index contributed by atoms with van der Waals surface area (Å²) in [6, 6.07) is -6.80. The number of aliphatic hydroxyl groups is 10. The summed E-state index contributed by atoms with van der Waals surface area (Å²) in [6.45, 7) is -1.80. The van der Waals surface area contributed by atoms with Crippen molar-refractivity contribution in [1.29, 1.82) is 0 Å². The molecule has 6 amide bonds. The van der Waals surface area contributed by atoms with Crippen LogP contribution >= 0.6 is 23.5 Å². The summed E-state index contributed by atoms with van der Waals surface area (Å²) < 4.78 is 105. The summed E-state index contributed by atoms with van der Waals surface area (Å²) in [5.41, 5.74) is 0. The lowest BCUT2D eigenvalue weighted by molar-refractivity contribution is -0.270. The van der Waals surface area contributed by atoms with E-state index in [0.717, 1.165) is 18.9 Å². The predicted molar refractivity (Wildman–Crippen MR) is 326 cm³/mol. The number of unbranched alkanes of at least 4 members (excludes halogenated alkanes) is 3. The average molecular weight is 1480 g/mol. The van der Waals surface area contributed by atoms with Gasteiger partial charge in [-0.05, 0) is 57.8 Å². The van der Waals surface area contributed by atoms with Crippen molar-refractivity contribution >= 4 is 58.9 Å². The minimum Gasteiger partial charge on any atom is -0.394 e. The average Bonchev–Trinajstić information content (AvgIpc) is 1.16. The van der Waals surface area contributed by atoms with Crippen LogP contribution in [0.4, 0.5) is 0 Å². The number of ether oxygens (including phenoxy) is 6. The molecule has 6 heterocycles. The molecule has 0 aliphatic carbocycles. The third-order valence-corrected chi connectivity index (χ3v) is 20.2. The molecule has 16 N–H and O–H groups in total. The van der Waals surface area contributed by atoms with Crippen molar-refractivity contribution in [3.63, 3.8) is 0 Å². The summed E-state index contributed by atoms with van der Waals surface area (Å²) >= 11 is 0. The van der Waals surface area contributed by atoms with Gasteiger partial charge in [-0.2, -0.15) is 0 Å². The highest BCUT2D eigenvalue weighted by atomic mass is 31.2. The van der Waals surface area contributed by atoms with E-state index in [1.807, 2.05) is 0 Å². The van der Waals surface area contributed by atoms with Gasteiger partial charge in [-0.25, -0.2) is 13.7 Å². The molecular formula is C55H97N6O34P3. The highest BCUT2D eigenvalue weighted by molar-refractivity contribution is 7.47. The molecule has 566 valence electrons. The van der Waals surface area contributed by atoms with Crippen molar-refractivity contribution in [3.8, 4) is 0 Å². The molecule has 24 atom stereocenters. The Bertz CT molecular complexity index is 2740. The number of phosphoric ester groups is 3. The normalized spacial score (nSPS) is 34.7. The lowest BCUT2D eigenvalue weighted by Crippen LogP contribution is -2.64. The molecule has 0 aromatic heterocycles. The Morgan fingerprint density at radius 3 is 1.03 bits per heavy atom. The molecule has 6 fully saturated rings. The van der Waals surface area contributed by atoms with Gasteiger partial charge in [0.25, 0.3) is 0 Å². The quantitative estimate of drug-likeness (QED) is 0.0202. The fourth-order valence-corrected chi connectivity index (χ4v) is 14.6. The van der Waals surface area contributed by atoms with Gasteiger partial charge in [-0.3, -0.25) is 55.9 Å². The van der Waals surface area contributed by atoms with Crippen LogP contribution in [0.5, 0.6) is 0 Å². The van der Waals surface area contributed by atoms with Gasteiger partial charge in [0, 0.05) is 86.6 Å².